The van der Waals surface area contributed by atoms with Gasteiger partial charge in [0.05, 0.1) is 62.7 Å². The fourth-order valence-corrected chi connectivity index (χ4v) is 5.19. The number of nitrogens with one attached hydrogen (secondary N) is 4. The van der Waals surface area contributed by atoms with E-state index in [2.05, 4.69) is 34.9 Å². The van der Waals surface area contributed by atoms with Crippen LogP contribution in [0.2, 0.25) is 0 Å². The number of imidazole rings is 1. The lowest BCUT2D eigenvalue weighted by Gasteiger charge is -2.14. The van der Waals surface area contributed by atoms with Gasteiger partial charge in [0.1, 0.15) is 11.6 Å². The summed E-state index contributed by atoms with van der Waals surface area (Å²) in [7, 11) is -3.98. The van der Waals surface area contributed by atoms with Gasteiger partial charge in [-0.15, -0.1) is 0 Å². The van der Waals surface area contributed by atoms with E-state index in [0.29, 0.717) is 51.1 Å². The van der Waals surface area contributed by atoms with Crippen LogP contribution in [-0.4, -0.2) is 45.2 Å². The number of anilines is 1. The van der Waals surface area contributed by atoms with Crippen molar-refractivity contribution in [2.24, 2.45) is 0 Å². The Labute approximate surface area is 210 Å². The van der Waals surface area contributed by atoms with Gasteiger partial charge in [-0.05, 0) is 55.0 Å². The average Bonchev–Trinajstić information content (AvgIpc) is 3.54. The molecule has 0 spiro atoms. The third-order valence-corrected chi connectivity index (χ3v) is 7.30. The number of nitrogens with zero attached hydrogens (tertiary/aromatic N) is 3. The van der Waals surface area contributed by atoms with Crippen LogP contribution >= 0.6 is 0 Å². The summed E-state index contributed by atoms with van der Waals surface area (Å²) in [5, 5.41) is 8.03. The second-order valence-corrected chi connectivity index (χ2v) is 10.2. The average molecular weight is 516 g/mol. The summed E-state index contributed by atoms with van der Waals surface area (Å²) in [5.74, 6) is 0.595. The maximum atomic E-state index is 13.3. The van der Waals surface area contributed by atoms with Crippen molar-refractivity contribution in [1.82, 2.24) is 30.1 Å². The molecule has 0 amide bonds. The molecule has 0 aliphatic rings. The number of ether oxygens (including phenoxy) is 1. The third-order valence-electron chi connectivity index (χ3n) is 5.92. The number of aromatic nitrogens is 6. The molecule has 6 aromatic rings. The summed E-state index contributed by atoms with van der Waals surface area (Å²) in [4.78, 5) is 27.6. The van der Waals surface area contributed by atoms with E-state index in [-0.39, 0.29) is 16.3 Å². The summed E-state index contributed by atoms with van der Waals surface area (Å²) in [6.45, 7) is 2.37. The second-order valence-electron chi connectivity index (χ2n) is 8.49. The molecule has 3 aromatic carbocycles. The molecule has 4 N–H and O–H groups in total. The highest BCUT2D eigenvalue weighted by Crippen LogP contribution is 2.32. The molecule has 12 heteroatoms. The Morgan fingerprint density at radius 2 is 1.92 bits per heavy atom. The molecule has 0 bridgehead atoms. The van der Waals surface area contributed by atoms with Crippen LogP contribution in [0.1, 0.15) is 13.3 Å². The molecule has 37 heavy (non-hydrogen) atoms. The molecule has 0 atom stereocenters. The van der Waals surface area contributed by atoms with E-state index in [1.54, 1.807) is 48.9 Å². The molecule has 3 aromatic heterocycles. The zero-order valence-corrected chi connectivity index (χ0v) is 20.4. The van der Waals surface area contributed by atoms with Crippen LogP contribution in [0.3, 0.4) is 0 Å². The van der Waals surface area contributed by atoms with Gasteiger partial charge in [-0.3, -0.25) is 14.6 Å². The number of hydrogen-bond donors (Lipinski definition) is 4. The van der Waals surface area contributed by atoms with E-state index in [1.807, 2.05) is 6.92 Å². The summed E-state index contributed by atoms with van der Waals surface area (Å²) in [6, 6.07) is 13.0. The molecule has 11 nitrogen and oxygen atoms in total. The largest absolute Gasteiger partial charge is 0.493 e. The van der Waals surface area contributed by atoms with Gasteiger partial charge in [-0.25, -0.2) is 18.4 Å². The molecule has 6 rings (SSSR count). The van der Waals surface area contributed by atoms with Crippen molar-refractivity contribution < 1.29 is 13.2 Å². The SMILES string of the molecule is CCCOc1ccc(S(=O)(=O)Nc2ccc3cn[nH]c3c2)cc1-c1nc2cc3nc[nH]c3cc2c(=O)[nH]1. The molecule has 0 aliphatic heterocycles. The summed E-state index contributed by atoms with van der Waals surface area (Å²) in [5.41, 5.74) is 2.87. The van der Waals surface area contributed by atoms with Gasteiger partial charge < -0.3 is 14.7 Å². The Morgan fingerprint density at radius 3 is 2.78 bits per heavy atom. The van der Waals surface area contributed by atoms with Gasteiger partial charge in [0.2, 0.25) is 0 Å². The number of rotatable bonds is 7. The summed E-state index contributed by atoms with van der Waals surface area (Å²) >= 11 is 0. The standard InChI is InChI=1S/C25H21N7O4S/c1-2-7-36-23-6-5-16(37(34,35)32-15-4-3-14-12-28-31-19(14)8-15)9-18(23)24-29-20-11-22-21(26-13-27-22)10-17(20)25(33)30-24/h3-6,8-13,32H,2,7H2,1H3,(H,26,27)(H,28,31)(H,29,30,33). The normalized spacial score (nSPS) is 11.9. The quantitative estimate of drug-likeness (QED) is 0.251. The lowest BCUT2D eigenvalue weighted by molar-refractivity contribution is 0.318. The Morgan fingerprint density at radius 1 is 1.03 bits per heavy atom. The Balaban J connectivity index is 1.45. The number of sulfonamides is 1. The van der Waals surface area contributed by atoms with Crippen LogP contribution in [0.4, 0.5) is 5.69 Å². The highest BCUT2D eigenvalue weighted by atomic mass is 32.2. The van der Waals surface area contributed by atoms with Gasteiger partial charge in [0.25, 0.3) is 15.6 Å². The van der Waals surface area contributed by atoms with Gasteiger partial charge in [-0.1, -0.05) is 6.92 Å². The molecular formula is C25H21N7O4S. The molecule has 0 radical (unpaired) electrons. The topological polar surface area (TPSA) is 159 Å². The van der Waals surface area contributed by atoms with Gasteiger partial charge in [0.15, 0.2) is 0 Å². The molecule has 0 saturated heterocycles. The van der Waals surface area contributed by atoms with Crippen molar-refractivity contribution in [1.29, 1.82) is 0 Å². The fraction of sp³-hybridized carbons (Fsp3) is 0.120. The maximum absolute atomic E-state index is 13.3. The Kier molecular flexibility index (Phi) is 5.37. The number of benzene rings is 3. The van der Waals surface area contributed by atoms with Crippen LogP contribution in [-0.2, 0) is 10.0 Å². The highest BCUT2D eigenvalue weighted by Gasteiger charge is 2.20. The predicted molar refractivity (Wildman–Crippen MR) is 140 cm³/mol. The van der Waals surface area contributed by atoms with Crippen LogP contribution in [0.5, 0.6) is 5.75 Å². The molecule has 0 aliphatic carbocycles. The first-order valence-corrected chi connectivity index (χ1v) is 13.0. The molecule has 3 heterocycles. The lowest BCUT2D eigenvalue weighted by Crippen LogP contribution is -2.14. The minimum Gasteiger partial charge on any atom is -0.493 e. The van der Waals surface area contributed by atoms with Gasteiger partial charge in [-0.2, -0.15) is 5.10 Å². The second kappa shape index (κ2) is 8.75. The number of aromatic amines is 3. The fourth-order valence-electron chi connectivity index (χ4n) is 4.11. The summed E-state index contributed by atoms with van der Waals surface area (Å²) in [6.07, 6.45) is 3.94. The van der Waals surface area contributed by atoms with Crippen LogP contribution in [0, 0.1) is 0 Å². The highest BCUT2D eigenvalue weighted by molar-refractivity contribution is 7.92. The van der Waals surface area contributed by atoms with Crippen LogP contribution in [0.25, 0.3) is 44.2 Å². The zero-order chi connectivity index (χ0) is 25.6. The molecule has 0 fully saturated rings. The van der Waals surface area contributed by atoms with Crippen LogP contribution in [0.15, 0.2) is 70.7 Å². The van der Waals surface area contributed by atoms with Crippen molar-refractivity contribution in [2.45, 2.75) is 18.2 Å². The number of fused-ring (bicyclic) bond motifs is 3. The van der Waals surface area contributed by atoms with Crippen molar-refractivity contribution >= 4 is 48.5 Å². The molecular weight excluding hydrogens is 494 g/mol. The van der Waals surface area contributed by atoms with E-state index in [0.717, 1.165) is 11.8 Å². The molecule has 186 valence electrons. The first-order chi connectivity index (χ1) is 17.9. The van der Waals surface area contributed by atoms with E-state index < -0.39 is 10.0 Å². The molecule has 0 unspecified atom stereocenters. The summed E-state index contributed by atoms with van der Waals surface area (Å²) < 4.78 is 35.1. The Hall–Kier alpha value is -4.71. The first-order valence-electron chi connectivity index (χ1n) is 11.5. The monoisotopic (exact) mass is 515 g/mol. The number of H-pyrrole nitrogens is 3. The van der Waals surface area contributed by atoms with E-state index in [9.17, 15) is 13.2 Å². The first kappa shape index (κ1) is 22.7. The Bertz CT molecular complexity index is 1960. The van der Waals surface area contributed by atoms with E-state index in [1.165, 1.54) is 12.1 Å². The van der Waals surface area contributed by atoms with Crippen molar-refractivity contribution in [3.63, 3.8) is 0 Å². The minimum atomic E-state index is -3.98. The maximum Gasteiger partial charge on any atom is 0.261 e. The minimum absolute atomic E-state index is 0.0124. The van der Waals surface area contributed by atoms with Crippen molar-refractivity contribution in [3.05, 3.63) is 71.4 Å². The number of hydrogen-bond acceptors (Lipinski definition) is 7. The zero-order valence-electron chi connectivity index (χ0n) is 19.6. The lowest BCUT2D eigenvalue weighted by atomic mass is 10.1. The van der Waals surface area contributed by atoms with Gasteiger partial charge >= 0.3 is 0 Å². The molecule has 0 saturated carbocycles. The van der Waals surface area contributed by atoms with Gasteiger partial charge in [0, 0.05) is 5.39 Å². The van der Waals surface area contributed by atoms with E-state index >= 15 is 0 Å². The van der Waals surface area contributed by atoms with E-state index in [4.69, 9.17) is 4.74 Å². The predicted octanol–water partition coefficient (Wildman–Crippen LogP) is 3.93. The third kappa shape index (κ3) is 4.16. The van der Waals surface area contributed by atoms with Crippen molar-refractivity contribution in [3.8, 4) is 17.1 Å². The van der Waals surface area contributed by atoms with Crippen LogP contribution < -0.4 is 15.0 Å². The van der Waals surface area contributed by atoms with Crippen molar-refractivity contribution in [2.75, 3.05) is 11.3 Å². The smallest absolute Gasteiger partial charge is 0.261 e.